The van der Waals surface area contributed by atoms with Crippen molar-refractivity contribution in [3.8, 4) is 0 Å². The summed E-state index contributed by atoms with van der Waals surface area (Å²) in [7, 11) is 8.99. The van der Waals surface area contributed by atoms with E-state index in [2.05, 4.69) is 0 Å². The summed E-state index contributed by atoms with van der Waals surface area (Å²) in [4.78, 5) is 0. The van der Waals surface area contributed by atoms with Gasteiger partial charge in [-0.1, -0.05) is 24.3 Å². The zero-order valence-electron chi connectivity index (χ0n) is 11.1. The van der Waals surface area contributed by atoms with Crippen LogP contribution in [0.2, 0.25) is 0 Å². The molecule has 114 valence electrons. The molecule has 0 aromatic heterocycles. The van der Waals surface area contributed by atoms with Crippen molar-refractivity contribution in [1.29, 1.82) is 0 Å². The van der Waals surface area contributed by atoms with Gasteiger partial charge < -0.3 is 11.5 Å². The first-order valence-electron chi connectivity index (χ1n) is 4.59. The Kier molecular flexibility index (Phi) is 23.5. The number of rotatable bonds is 0. The van der Waals surface area contributed by atoms with Crippen LogP contribution >= 0.6 is 19.4 Å². The van der Waals surface area contributed by atoms with Gasteiger partial charge in [0.2, 0.25) is 0 Å². The van der Waals surface area contributed by atoms with Gasteiger partial charge in [-0.2, -0.15) is 11.4 Å². The van der Waals surface area contributed by atoms with Crippen molar-refractivity contribution < 1.29 is 23.6 Å². The Hall–Kier alpha value is 0.323. The molecule has 0 atom stereocenters. The van der Waals surface area contributed by atoms with E-state index < -0.39 is 0 Å². The van der Waals surface area contributed by atoms with Crippen molar-refractivity contribution in [3.63, 3.8) is 0 Å². The second-order valence-electron chi connectivity index (χ2n) is 3.14. The van der Waals surface area contributed by atoms with Crippen LogP contribution in [0.4, 0.5) is 11.4 Å². The molecule has 0 radical (unpaired) electrons. The Labute approximate surface area is 136 Å². The van der Waals surface area contributed by atoms with Gasteiger partial charge in [0.25, 0.3) is 0 Å². The molecule has 0 aliphatic heterocycles. The SMILES string of the molecule is CS(C)=[OH+].CS(C)=[OH+].[Cl][Ru+2][Cl].[NH-]c1ccccc1[NH-]. The zero-order chi connectivity index (χ0) is 15.8. The molecule has 0 spiro atoms. The van der Waals surface area contributed by atoms with E-state index in [-0.39, 0.29) is 48.1 Å². The molecule has 4 nitrogen and oxygen atoms in total. The molecular formula is C10H20Cl2N2O2RuS2+2. The number of nitrogens with one attached hydrogen (secondary N) is 2. The molecular weight excluding hydrogens is 416 g/mol. The molecule has 0 bridgehead atoms. The summed E-state index contributed by atoms with van der Waals surface area (Å²) in [6.07, 6.45) is 7.00. The Morgan fingerprint density at radius 3 is 1.16 bits per heavy atom. The van der Waals surface area contributed by atoms with E-state index in [1.165, 1.54) is 0 Å². The van der Waals surface area contributed by atoms with E-state index in [0.717, 1.165) is 0 Å². The summed E-state index contributed by atoms with van der Waals surface area (Å²) < 4.78 is 16.2. The average Bonchev–Trinajstić information content (AvgIpc) is 2.22. The molecule has 4 N–H and O–H groups in total. The van der Waals surface area contributed by atoms with Gasteiger partial charge in [-0.25, -0.2) is 0 Å². The molecule has 1 aromatic rings. The minimum Gasteiger partial charge on any atom is -0.700 e. The predicted octanol–water partition coefficient (Wildman–Crippen LogP) is 4.73. The second kappa shape index (κ2) is 18.3. The van der Waals surface area contributed by atoms with Crippen molar-refractivity contribution in [3.05, 3.63) is 35.7 Å². The molecule has 9 heteroatoms. The van der Waals surface area contributed by atoms with Crippen molar-refractivity contribution in [2.75, 3.05) is 25.0 Å². The standard InChI is InChI=1S/C6H6N2.2C2H6OS.2ClH.Ru/c7-5-3-1-2-4-6(5)8;2*1-4(2)3;;;/h1-4,7-8H;2*1-2H3;2*1H;/q-2;;;;;+4. The molecule has 0 saturated carbocycles. The van der Waals surface area contributed by atoms with Crippen LogP contribution < -0.4 is 0 Å². The zero-order valence-corrected chi connectivity index (χ0v) is 16.0. The maximum atomic E-state index is 8.08. The first kappa shape index (κ1) is 24.3. The average molecular weight is 436 g/mol. The molecule has 0 saturated heterocycles. The molecule has 0 fully saturated rings. The van der Waals surface area contributed by atoms with Gasteiger partial charge in [-0.05, 0) is 0 Å². The second-order valence-corrected chi connectivity index (χ2v) is 8.88. The summed E-state index contributed by atoms with van der Waals surface area (Å²) in [6, 6.07) is 6.70. The smallest absolute Gasteiger partial charge is 0.0636 e. The van der Waals surface area contributed by atoms with E-state index >= 15 is 0 Å². The van der Waals surface area contributed by atoms with Crippen LogP contribution in [0, 0.1) is 0 Å². The molecule has 0 unspecified atom stereocenters. The van der Waals surface area contributed by atoms with Crippen molar-refractivity contribution in [1.82, 2.24) is 0 Å². The Morgan fingerprint density at radius 1 is 0.895 bits per heavy atom. The summed E-state index contributed by atoms with van der Waals surface area (Å²) in [5.74, 6) is 0. The maximum absolute atomic E-state index is 8.08. The molecule has 0 aliphatic rings. The van der Waals surface area contributed by atoms with Gasteiger partial charge in [0.05, 0.1) is 25.0 Å². The summed E-state index contributed by atoms with van der Waals surface area (Å²) in [5, 5.41) is 0. The van der Waals surface area contributed by atoms with Crippen LogP contribution in [0.1, 0.15) is 0 Å². The van der Waals surface area contributed by atoms with Gasteiger partial charge in [-0.3, -0.25) is 8.42 Å². The van der Waals surface area contributed by atoms with Crippen LogP contribution in [0.15, 0.2) is 24.3 Å². The number of halogens is 2. The van der Waals surface area contributed by atoms with Gasteiger partial charge in [0.1, 0.15) is 0 Å². The molecule has 0 heterocycles. The Morgan fingerprint density at radius 2 is 1.05 bits per heavy atom. The largest absolute Gasteiger partial charge is 0.700 e. The van der Waals surface area contributed by atoms with Gasteiger partial charge in [0.15, 0.2) is 21.6 Å². The van der Waals surface area contributed by atoms with Crippen molar-refractivity contribution >= 4 is 52.4 Å². The van der Waals surface area contributed by atoms with Gasteiger partial charge >= 0.3 is 34.5 Å². The quantitative estimate of drug-likeness (QED) is 0.416. The molecule has 0 amide bonds. The van der Waals surface area contributed by atoms with Crippen molar-refractivity contribution in [2.45, 2.75) is 0 Å². The first-order valence-corrected chi connectivity index (χ1v) is 13.1. The topological polar surface area (TPSA) is 90.4 Å². The minimum atomic E-state index is -0.361. The first-order chi connectivity index (χ1) is 8.68. The van der Waals surface area contributed by atoms with E-state index in [1.807, 2.05) is 0 Å². The van der Waals surface area contributed by atoms with Crippen LogP contribution in [-0.2, 0) is 36.7 Å². The van der Waals surface area contributed by atoms with Gasteiger partial charge in [-0.15, -0.1) is 0 Å². The number of hydrogen-bond donors (Lipinski definition) is 0. The van der Waals surface area contributed by atoms with E-state index in [0.29, 0.717) is 0 Å². The third kappa shape index (κ3) is 38.1. The summed E-state index contributed by atoms with van der Waals surface area (Å²) in [5.41, 5.74) is 14.6. The van der Waals surface area contributed by atoms with Crippen molar-refractivity contribution in [2.24, 2.45) is 0 Å². The normalized spacial score (nSPS) is 8.42. The predicted molar refractivity (Wildman–Crippen MR) is 88.4 cm³/mol. The van der Waals surface area contributed by atoms with Crippen LogP contribution in [0.25, 0.3) is 11.5 Å². The maximum Gasteiger partial charge on any atom is -0.0636 e. The Bertz CT molecular complexity index is 330. The monoisotopic (exact) mass is 436 g/mol. The Balaban J connectivity index is -0.000000200. The summed E-state index contributed by atoms with van der Waals surface area (Å²) >= 11 is -0.346. The van der Waals surface area contributed by atoms with E-state index in [1.54, 1.807) is 49.3 Å². The third-order valence-electron chi connectivity index (χ3n) is 0.927. The van der Waals surface area contributed by atoms with Crippen LogP contribution in [0.3, 0.4) is 0 Å². The molecule has 1 rings (SSSR count). The summed E-state index contributed by atoms with van der Waals surface area (Å²) in [6.45, 7) is 0. The third-order valence-corrected chi connectivity index (χ3v) is 0.927. The fourth-order valence-corrected chi connectivity index (χ4v) is 0.483. The van der Waals surface area contributed by atoms with Gasteiger partial charge in [0, 0.05) is 0 Å². The fourth-order valence-electron chi connectivity index (χ4n) is 0.483. The number of hydrogen-bond acceptors (Lipinski definition) is 0. The van der Waals surface area contributed by atoms with Crippen LogP contribution in [0.5, 0.6) is 0 Å². The van der Waals surface area contributed by atoms with Crippen LogP contribution in [-0.4, -0.2) is 33.4 Å². The number of benzene rings is 1. The minimum absolute atomic E-state index is 0.285. The molecule has 1 aromatic carbocycles. The molecule has 19 heavy (non-hydrogen) atoms. The van der Waals surface area contributed by atoms with E-state index in [4.69, 9.17) is 39.3 Å². The van der Waals surface area contributed by atoms with E-state index in [9.17, 15) is 0 Å². The fraction of sp³-hybridized carbons (Fsp3) is 0.400. The molecule has 0 aliphatic carbocycles.